The first-order valence-corrected chi connectivity index (χ1v) is 11.5. The average Bonchev–Trinajstić information content (AvgIpc) is 3.50. The molecule has 1 aromatic carbocycles. The summed E-state index contributed by atoms with van der Waals surface area (Å²) in [6.07, 6.45) is 2.89. The number of para-hydroxylation sites is 1. The number of pyridine rings is 1. The van der Waals surface area contributed by atoms with E-state index in [1.165, 1.54) is 16.2 Å². The van der Waals surface area contributed by atoms with E-state index < -0.39 is 0 Å². The monoisotopic (exact) mass is 433 g/mol. The molecule has 0 aliphatic heterocycles. The Bertz CT molecular complexity index is 1280. The fourth-order valence-electron chi connectivity index (χ4n) is 3.94. The van der Waals surface area contributed by atoms with E-state index in [9.17, 15) is 9.59 Å². The van der Waals surface area contributed by atoms with Gasteiger partial charge in [0.15, 0.2) is 0 Å². The molecule has 0 fully saturated rings. The van der Waals surface area contributed by atoms with Crippen LogP contribution in [-0.4, -0.2) is 23.8 Å². The summed E-state index contributed by atoms with van der Waals surface area (Å²) in [5.74, 6) is -0.375. The third kappa shape index (κ3) is 3.20. The molecule has 3 heterocycles. The van der Waals surface area contributed by atoms with Crippen molar-refractivity contribution in [2.24, 2.45) is 0 Å². The third-order valence-corrected chi connectivity index (χ3v) is 7.44. The SMILES string of the molecule is CNC(=O)c1c(NC(=O)c2cc(-c3cccs3)nc3ccccc23)sc2c1CCC2. The number of aromatic nitrogens is 1. The maximum Gasteiger partial charge on any atom is 0.257 e. The van der Waals surface area contributed by atoms with Crippen molar-refractivity contribution in [1.29, 1.82) is 0 Å². The van der Waals surface area contributed by atoms with Crippen LogP contribution in [0, 0.1) is 0 Å². The molecular formula is C23H19N3O2S2. The highest BCUT2D eigenvalue weighted by atomic mass is 32.1. The van der Waals surface area contributed by atoms with Gasteiger partial charge in [-0.3, -0.25) is 9.59 Å². The molecule has 150 valence electrons. The molecule has 0 spiro atoms. The number of thiophene rings is 2. The number of nitrogens with one attached hydrogen (secondary N) is 2. The molecule has 0 bridgehead atoms. The van der Waals surface area contributed by atoms with Crippen molar-refractivity contribution in [2.75, 3.05) is 12.4 Å². The first kappa shape index (κ1) is 19.0. The summed E-state index contributed by atoms with van der Waals surface area (Å²) in [5, 5.41) is 9.16. The maximum atomic E-state index is 13.4. The van der Waals surface area contributed by atoms with E-state index >= 15 is 0 Å². The van der Waals surface area contributed by atoms with Crippen molar-refractivity contribution in [2.45, 2.75) is 19.3 Å². The van der Waals surface area contributed by atoms with Crippen LogP contribution >= 0.6 is 22.7 Å². The molecule has 7 heteroatoms. The Morgan fingerprint density at radius 2 is 1.93 bits per heavy atom. The minimum absolute atomic E-state index is 0.149. The van der Waals surface area contributed by atoms with Gasteiger partial charge in [0.1, 0.15) is 5.00 Å². The Balaban J connectivity index is 1.59. The Labute approximate surface area is 181 Å². The number of anilines is 1. The summed E-state index contributed by atoms with van der Waals surface area (Å²) >= 11 is 3.11. The highest BCUT2D eigenvalue weighted by Gasteiger charge is 2.27. The van der Waals surface area contributed by atoms with Gasteiger partial charge in [-0.2, -0.15) is 0 Å². The number of amides is 2. The number of benzene rings is 1. The van der Waals surface area contributed by atoms with Crippen LogP contribution in [0.2, 0.25) is 0 Å². The number of fused-ring (bicyclic) bond motifs is 2. The maximum absolute atomic E-state index is 13.4. The van der Waals surface area contributed by atoms with Crippen LogP contribution < -0.4 is 10.6 Å². The molecule has 4 aromatic rings. The first-order valence-electron chi connectivity index (χ1n) is 9.77. The van der Waals surface area contributed by atoms with E-state index in [0.29, 0.717) is 16.1 Å². The largest absolute Gasteiger partial charge is 0.355 e. The molecule has 0 saturated carbocycles. The summed E-state index contributed by atoms with van der Waals surface area (Å²) in [5.41, 5.74) is 3.79. The highest BCUT2D eigenvalue weighted by molar-refractivity contribution is 7.17. The Morgan fingerprint density at radius 3 is 2.73 bits per heavy atom. The second-order valence-corrected chi connectivity index (χ2v) is 9.20. The standard InChI is InChI=1S/C23H19N3O2S2/c1-24-22(28)20-14-7-4-9-18(14)30-23(20)26-21(27)15-12-17(19-10-5-11-29-19)25-16-8-3-2-6-13(15)16/h2-3,5-6,8,10-12H,4,7,9H2,1H3,(H,24,28)(H,26,27). The minimum Gasteiger partial charge on any atom is -0.355 e. The van der Waals surface area contributed by atoms with Gasteiger partial charge in [0.05, 0.1) is 27.2 Å². The molecule has 0 atom stereocenters. The van der Waals surface area contributed by atoms with Crippen LogP contribution in [0.3, 0.4) is 0 Å². The number of carbonyl (C=O) groups is 2. The summed E-state index contributed by atoms with van der Waals surface area (Å²) in [7, 11) is 1.62. The summed E-state index contributed by atoms with van der Waals surface area (Å²) < 4.78 is 0. The molecule has 1 aliphatic carbocycles. The Morgan fingerprint density at radius 1 is 1.07 bits per heavy atom. The van der Waals surface area contributed by atoms with Crippen molar-refractivity contribution in [3.8, 4) is 10.6 Å². The molecule has 3 aromatic heterocycles. The van der Waals surface area contributed by atoms with Gasteiger partial charge in [-0.25, -0.2) is 4.98 Å². The van der Waals surface area contributed by atoms with Crippen molar-refractivity contribution >= 4 is 50.4 Å². The van der Waals surface area contributed by atoms with E-state index in [1.807, 2.05) is 47.8 Å². The molecule has 5 rings (SSSR count). The lowest BCUT2D eigenvalue weighted by Gasteiger charge is -2.11. The number of aryl methyl sites for hydroxylation is 1. The van der Waals surface area contributed by atoms with Crippen LogP contribution in [-0.2, 0) is 12.8 Å². The summed E-state index contributed by atoms with van der Waals surface area (Å²) in [4.78, 5) is 32.9. The van der Waals surface area contributed by atoms with E-state index in [0.717, 1.165) is 46.3 Å². The van der Waals surface area contributed by atoms with E-state index in [-0.39, 0.29) is 11.8 Å². The number of carbonyl (C=O) groups excluding carboxylic acids is 2. The fraction of sp³-hybridized carbons (Fsp3) is 0.174. The molecule has 0 unspecified atom stereocenters. The summed E-state index contributed by atoms with van der Waals surface area (Å²) in [6.45, 7) is 0. The van der Waals surface area contributed by atoms with E-state index in [4.69, 9.17) is 4.98 Å². The van der Waals surface area contributed by atoms with Crippen molar-refractivity contribution in [3.63, 3.8) is 0 Å². The van der Waals surface area contributed by atoms with Crippen LogP contribution in [0.5, 0.6) is 0 Å². The normalized spacial score (nSPS) is 12.7. The third-order valence-electron chi connectivity index (χ3n) is 5.34. The predicted octanol–water partition coefficient (Wildman–Crippen LogP) is 5.13. The fourth-order valence-corrected chi connectivity index (χ4v) is 5.91. The topological polar surface area (TPSA) is 71.1 Å². The molecule has 1 aliphatic rings. The molecule has 0 saturated heterocycles. The smallest absolute Gasteiger partial charge is 0.257 e. The molecule has 30 heavy (non-hydrogen) atoms. The lowest BCUT2D eigenvalue weighted by atomic mass is 10.1. The lowest BCUT2D eigenvalue weighted by molar-refractivity contribution is 0.0963. The van der Waals surface area contributed by atoms with Crippen molar-refractivity contribution < 1.29 is 9.59 Å². The first-order chi connectivity index (χ1) is 14.7. The zero-order chi connectivity index (χ0) is 20.7. The number of hydrogen-bond donors (Lipinski definition) is 2. The van der Waals surface area contributed by atoms with Gasteiger partial charge in [-0.05, 0) is 48.4 Å². The highest BCUT2D eigenvalue weighted by Crippen LogP contribution is 2.39. The lowest BCUT2D eigenvalue weighted by Crippen LogP contribution is -2.21. The quantitative estimate of drug-likeness (QED) is 0.469. The van der Waals surface area contributed by atoms with Crippen molar-refractivity contribution in [3.05, 3.63) is 69.4 Å². The predicted molar refractivity (Wildman–Crippen MR) is 123 cm³/mol. The zero-order valence-electron chi connectivity index (χ0n) is 16.3. The van der Waals surface area contributed by atoms with Crippen LogP contribution in [0.4, 0.5) is 5.00 Å². The molecular weight excluding hydrogens is 414 g/mol. The minimum atomic E-state index is -0.225. The molecule has 0 radical (unpaired) electrons. The molecule has 2 N–H and O–H groups in total. The van der Waals surface area contributed by atoms with Crippen LogP contribution in [0.15, 0.2) is 47.8 Å². The van der Waals surface area contributed by atoms with Gasteiger partial charge in [0, 0.05) is 17.3 Å². The van der Waals surface area contributed by atoms with Crippen molar-refractivity contribution in [1.82, 2.24) is 10.3 Å². The average molecular weight is 434 g/mol. The number of rotatable bonds is 4. The Hall–Kier alpha value is -3.03. The van der Waals surface area contributed by atoms with E-state index in [1.54, 1.807) is 18.4 Å². The van der Waals surface area contributed by atoms with Gasteiger partial charge in [0.2, 0.25) is 0 Å². The zero-order valence-corrected chi connectivity index (χ0v) is 18.0. The second kappa shape index (κ2) is 7.66. The summed E-state index contributed by atoms with van der Waals surface area (Å²) in [6, 6.07) is 13.5. The van der Waals surface area contributed by atoms with Crippen LogP contribution in [0.1, 0.15) is 37.6 Å². The van der Waals surface area contributed by atoms with Crippen LogP contribution in [0.25, 0.3) is 21.5 Å². The number of hydrogen-bond acceptors (Lipinski definition) is 5. The molecule has 5 nitrogen and oxygen atoms in total. The van der Waals surface area contributed by atoms with Gasteiger partial charge in [0.25, 0.3) is 11.8 Å². The second-order valence-electron chi connectivity index (χ2n) is 7.14. The van der Waals surface area contributed by atoms with Gasteiger partial charge < -0.3 is 10.6 Å². The Kier molecular flexibility index (Phi) is 4.84. The van der Waals surface area contributed by atoms with E-state index in [2.05, 4.69) is 10.6 Å². The van der Waals surface area contributed by atoms with Gasteiger partial charge in [-0.15, -0.1) is 22.7 Å². The van der Waals surface area contributed by atoms with Gasteiger partial charge >= 0.3 is 0 Å². The van der Waals surface area contributed by atoms with Gasteiger partial charge in [-0.1, -0.05) is 24.3 Å². The molecule has 2 amide bonds. The number of nitrogens with zero attached hydrogens (tertiary/aromatic N) is 1.